The predicted molar refractivity (Wildman–Crippen MR) is 101 cm³/mol. The van der Waals surface area contributed by atoms with Crippen LogP contribution < -0.4 is 4.74 Å². The molecule has 1 aliphatic carbocycles. The zero-order valence-corrected chi connectivity index (χ0v) is 17.7. The Bertz CT molecular complexity index is 745. The molecule has 2 aliphatic rings. The van der Waals surface area contributed by atoms with Gasteiger partial charge in [-0.1, -0.05) is 15.9 Å². The van der Waals surface area contributed by atoms with Gasteiger partial charge in [-0.25, -0.2) is 4.79 Å². The smallest absolute Gasteiger partial charge is 0.444 e. The second-order valence-corrected chi connectivity index (χ2v) is 9.28. The van der Waals surface area contributed by atoms with Crippen molar-refractivity contribution in [1.82, 2.24) is 9.80 Å². The fraction of sp³-hybridized carbons (Fsp3) is 0.632. The van der Waals surface area contributed by atoms with Crippen molar-refractivity contribution in [3.63, 3.8) is 0 Å². The number of rotatable bonds is 3. The lowest BCUT2D eigenvalue weighted by Crippen LogP contribution is -2.57. The van der Waals surface area contributed by atoms with Crippen LogP contribution in [-0.2, 0) is 11.3 Å². The number of benzene rings is 1. The molecule has 1 spiro atoms. The Kier molecular flexibility index (Phi) is 5.62. The summed E-state index contributed by atoms with van der Waals surface area (Å²) in [6.07, 6.45) is -3.33. The lowest BCUT2D eigenvalue weighted by Gasteiger charge is -2.42. The average Bonchev–Trinajstić information content (AvgIpc) is 3.26. The summed E-state index contributed by atoms with van der Waals surface area (Å²) >= 11 is 3.31. The number of alkyl halides is 3. The molecule has 156 valence electrons. The number of hydrogen-bond donors (Lipinski definition) is 0. The molecular formula is C19H24BrF3N2O3. The summed E-state index contributed by atoms with van der Waals surface area (Å²) < 4.78 is 48.5. The molecule has 9 heteroatoms. The van der Waals surface area contributed by atoms with E-state index in [1.54, 1.807) is 11.0 Å². The van der Waals surface area contributed by atoms with Gasteiger partial charge < -0.3 is 9.47 Å². The van der Waals surface area contributed by atoms with Crippen LogP contribution in [0.25, 0.3) is 0 Å². The summed E-state index contributed by atoms with van der Waals surface area (Å²) in [6.45, 7) is 7.44. The molecule has 1 saturated carbocycles. The Morgan fingerprint density at radius 3 is 2.46 bits per heavy atom. The SMILES string of the molecule is CC(C)(C)OC(=O)N1CCN(Cc2cc(Br)ccc2OC(F)(F)F)CC12CC2. The molecule has 1 aliphatic heterocycles. The van der Waals surface area contributed by atoms with E-state index in [4.69, 9.17) is 4.74 Å². The van der Waals surface area contributed by atoms with Gasteiger partial charge in [0.15, 0.2) is 0 Å². The molecule has 0 bridgehead atoms. The van der Waals surface area contributed by atoms with Crippen LogP contribution in [0, 0.1) is 0 Å². The zero-order valence-electron chi connectivity index (χ0n) is 16.1. The van der Waals surface area contributed by atoms with Crippen molar-refractivity contribution in [1.29, 1.82) is 0 Å². The summed E-state index contributed by atoms with van der Waals surface area (Å²) in [5.74, 6) is -0.199. The van der Waals surface area contributed by atoms with Crippen molar-refractivity contribution in [2.45, 2.75) is 57.7 Å². The van der Waals surface area contributed by atoms with E-state index >= 15 is 0 Å². The van der Waals surface area contributed by atoms with Gasteiger partial charge in [0, 0.05) is 36.2 Å². The molecule has 3 rings (SSSR count). The molecule has 0 atom stereocenters. The molecule has 2 fully saturated rings. The molecule has 0 radical (unpaired) electrons. The van der Waals surface area contributed by atoms with Crippen LogP contribution in [0.4, 0.5) is 18.0 Å². The lowest BCUT2D eigenvalue weighted by atomic mass is 10.1. The number of piperazine rings is 1. The minimum atomic E-state index is -4.74. The summed E-state index contributed by atoms with van der Waals surface area (Å²) in [5, 5.41) is 0. The van der Waals surface area contributed by atoms with Gasteiger partial charge in [-0.05, 0) is 51.8 Å². The van der Waals surface area contributed by atoms with Crippen LogP contribution in [0.2, 0.25) is 0 Å². The fourth-order valence-electron chi connectivity index (χ4n) is 3.51. The molecule has 1 aromatic carbocycles. The largest absolute Gasteiger partial charge is 0.573 e. The predicted octanol–water partition coefficient (Wildman–Crippen LogP) is 4.93. The number of amides is 1. The molecule has 28 heavy (non-hydrogen) atoms. The van der Waals surface area contributed by atoms with E-state index in [1.807, 2.05) is 20.8 Å². The number of hydrogen-bond acceptors (Lipinski definition) is 4. The molecule has 1 amide bonds. The highest BCUT2D eigenvalue weighted by molar-refractivity contribution is 9.10. The Labute approximate surface area is 170 Å². The summed E-state index contributed by atoms with van der Waals surface area (Å²) in [5.41, 5.74) is -0.393. The molecule has 1 heterocycles. The van der Waals surface area contributed by atoms with Gasteiger partial charge in [0.25, 0.3) is 0 Å². The highest BCUT2D eigenvalue weighted by Crippen LogP contribution is 2.45. The number of carbonyl (C=O) groups excluding carboxylic acids is 1. The summed E-state index contributed by atoms with van der Waals surface area (Å²) in [7, 11) is 0. The minimum absolute atomic E-state index is 0.199. The van der Waals surface area contributed by atoms with Gasteiger partial charge in [-0.3, -0.25) is 9.80 Å². The van der Waals surface area contributed by atoms with E-state index in [0.29, 0.717) is 36.2 Å². The van der Waals surface area contributed by atoms with Gasteiger partial charge in [-0.2, -0.15) is 0 Å². The monoisotopic (exact) mass is 464 g/mol. The van der Waals surface area contributed by atoms with Gasteiger partial charge in [0.1, 0.15) is 11.4 Å². The van der Waals surface area contributed by atoms with E-state index in [9.17, 15) is 18.0 Å². The van der Waals surface area contributed by atoms with E-state index in [1.165, 1.54) is 12.1 Å². The third kappa shape index (κ3) is 5.31. The maximum Gasteiger partial charge on any atom is 0.573 e. The first-order chi connectivity index (χ1) is 12.9. The molecule has 5 nitrogen and oxygen atoms in total. The first kappa shape index (κ1) is 21.2. The van der Waals surface area contributed by atoms with Gasteiger partial charge in [0.05, 0.1) is 5.54 Å². The Morgan fingerprint density at radius 2 is 1.89 bits per heavy atom. The van der Waals surface area contributed by atoms with Crippen molar-refractivity contribution < 1.29 is 27.4 Å². The third-order valence-electron chi connectivity index (χ3n) is 4.81. The second-order valence-electron chi connectivity index (χ2n) is 8.37. The molecule has 0 aromatic heterocycles. The van der Waals surface area contributed by atoms with Gasteiger partial charge in [-0.15, -0.1) is 13.2 Å². The van der Waals surface area contributed by atoms with Crippen LogP contribution in [0.5, 0.6) is 5.75 Å². The average molecular weight is 465 g/mol. The van der Waals surface area contributed by atoms with Crippen molar-refractivity contribution in [2.75, 3.05) is 19.6 Å². The number of carbonyl (C=O) groups is 1. The van der Waals surface area contributed by atoms with Crippen molar-refractivity contribution in [2.24, 2.45) is 0 Å². The van der Waals surface area contributed by atoms with E-state index in [-0.39, 0.29) is 17.4 Å². The fourth-order valence-corrected chi connectivity index (χ4v) is 3.91. The zero-order chi connectivity index (χ0) is 20.7. The number of halogens is 4. The second kappa shape index (κ2) is 7.40. The summed E-state index contributed by atoms with van der Waals surface area (Å²) in [6, 6.07) is 4.48. The van der Waals surface area contributed by atoms with E-state index < -0.39 is 12.0 Å². The highest BCUT2D eigenvalue weighted by Gasteiger charge is 2.54. The number of nitrogens with zero attached hydrogens (tertiary/aromatic N) is 2. The molecule has 1 saturated heterocycles. The highest BCUT2D eigenvalue weighted by atomic mass is 79.9. The van der Waals surface area contributed by atoms with E-state index in [2.05, 4.69) is 25.6 Å². The first-order valence-corrected chi connectivity index (χ1v) is 9.93. The molecular weight excluding hydrogens is 441 g/mol. The molecule has 0 N–H and O–H groups in total. The number of ether oxygens (including phenoxy) is 2. The lowest BCUT2D eigenvalue weighted by molar-refractivity contribution is -0.275. The van der Waals surface area contributed by atoms with E-state index in [0.717, 1.165) is 12.8 Å². The molecule has 1 aromatic rings. The molecule has 0 unspecified atom stereocenters. The standard InChI is InChI=1S/C19H24BrF3N2O3/c1-17(2,3)28-16(26)25-9-8-24(12-18(25)6-7-18)11-13-10-14(20)4-5-15(13)27-19(21,22)23/h4-5,10H,6-9,11-12H2,1-3H3. The Balaban J connectivity index is 1.70. The Morgan fingerprint density at radius 1 is 1.21 bits per heavy atom. The maximum absolute atomic E-state index is 12.7. The van der Waals surface area contributed by atoms with Crippen molar-refractivity contribution >= 4 is 22.0 Å². The third-order valence-corrected chi connectivity index (χ3v) is 5.31. The van der Waals surface area contributed by atoms with Gasteiger partial charge in [0.2, 0.25) is 0 Å². The minimum Gasteiger partial charge on any atom is -0.444 e. The first-order valence-electron chi connectivity index (χ1n) is 9.14. The van der Waals surface area contributed by atoms with Crippen molar-refractivity contribution in [3.8, 4) is 5.75 Å². The van der Waals surface area contributed by atoms with Crippen LogP contribution in [0.15, 0.2) is 22.7 Å². The van der Waals surface area contributed by atoms with Crippen molar-refractivity contribution in [3.05, 3.63) is 28.2 Å². The van der Waals surface area contributed by atoms with Crippen LogP contribution in [-0.4, -0.2) is 53.0 Å². The quantitative estimate of drug-likeness (QED) is 0.635. The van der Waals surface area contributed by atoms with Crippen LogP contribution >= 0.6 is 15.9 Å². The summed E-state index contributed by atoms with van der Waals surface area (Å²) in [4.78, 5) is 16.4. The topological polar surface area (TPSA) is 42.0 Å². The maximum atomic E-state index is 12.7. The van der Waals surface area contributed by atoms with Crippen LogP contribution in [0.1, 0.15) is 39.2 Å². The van der Waals surface area contributed by atoms with Gasteiger partial charge >= 0.3 is 12.5 Å². The Hall–Kier alpha value is -1.48. The normalized spacial score (nSPS) is 19.6. The van der Waals surface area contributed by atoms with Crippen LogP contribution in [0.3, 0.4) is 0 Å².